The molecule has 4 unspecified atom stereocenters. The maximum atomic E-state index is 12.3. The molecule has 0 bridgehead atoms. The summed E-state index contributed by atoms with van der Waals surface area (Å²) in [5.41, 5.74) is 0. The molecule has 5 heteroatoms. The topological polar surface area (TPSA) is 78.4 Å². The van der Waals surface area contributed by atoms with Gasteiger partial charge in [-0.15, -0.1) is 0 Å². The summed E-state index contributed by atoms with van der Waals surface area (Å²) < 4.78 is 0. The Labute approximate surface area is 114 Å². The zero-order valence-corrected chi connectivity index (χ0v) is 11.5. The second kappa shape index (κ2) is 6.37. The van der Waals surface area contributed by atoms with E-state index in [2.05, 4.69) is 17.6 Å². The summed E-state index contributed by atoms with van der Waals surface area (Å²) >= 11 is 0. The van der Waals surface area contributed by atoms with Gasteiger partial charge in [0.05, 0.1) is 12.0 Å². The number of carboxylic acids is 1. The predicted molar refractivity (Wildman–Crippen MR) is 71.7 cm³/mol. The molecule has 1 saturated carbocycles. The minimum Gasteiger partial charge on any atom is -0.481 e. The molecule has 1 amide bonds. The predicted octanol–water partition coefficient (Wildman–Crippen LogP) is 1.13. The molecule has 0 spiro atoms. The highest BCUT2D eigenvalue weighted by molar-refractivity contribution is 5.83. The molecule has 2 fully saturated rings. The molecule has 5 nitrogen and oxygen atoms in total. The normalized spacial score (nSPS) is 35.6. The largest absolute Gasteiger partial charge is 0.481 e. The quantitative estimate of drug-likeness (QED) is 0.717. The number of carbonyl (C=O) groups excluding carboxylic acids is 1. The highest BCUT2D eigenvalue weighted by Crippen LogP contribution is 2.25. The lowest BCUT2D eigenvalue weighted by atomic mass is 9.84. The van der Waals surface area contributed by atoms with Gasteiger partial charge in [-0.25, -0.2) is 0 Å². The van der Waals surface area contributed by atoms with Crippen LogP contribution in [-0.2, 0) is 9.59 Å². The van der Waals surface area contributed by atoms with Crippen LogP contribution in [0.1, 0.15) is 45.4 Å². The van der Waals surface area contributed by atoms with Gasteiger partial charge < -0.3 is 15.7 Å². The first-order valence-electron chi connectivity index (χ1n) is 7.36. The van der Waals surface area contributed by atoms with Gasteiger partial charge in [0.2, 0.25) is 5.91 Å². The monoisotopic (exact) mass is 268 g/mol. The van der Waals surface area contributed by atoms with Crippen LogP contribution < -0.4 is 10.6 Å². The molecule has 1 aliphatic carbocycles. The van der Waals surface area contributed by atoms with Crippen molar-refractivity contribution >= 4 is 11.9 Å². The highest BCUT2D eigenvalue weighted by Gasteiger charge is 2.35. The van der Waals surface area contributed by atoms with Crippen LogP contribution in [0.5, 0.6) is 0 Å². The Morgan fingerprint density at radius 3 is 2.58 bits per heavy atom. The second-order valence-electron chi connectivity index (χ2n) is 5.90. The Bertz CT molecular complexity index is 346. The van der Waals surface area contributed by atoms with Crippen molar-refractivity contribution in [2.24, 2.45) is 11.8 Å². The van der Waals surface area contributed by atoms with Crippen LogP contribution in [0, 0.1) is 11.8 Å². The molecule has 108 valence electrons. The fraction of sp³-hybridized carbons (Fsp3) is 0.857. The van der Waals surface area contributed by atoms with E-state index >= 15 is 0 Å². The minimum atomic E-state index is -0.783. The minimum absolute atomic E-state index is 0.0228. The molecular formula is C14H24N2O3. The summed E-state index contributed by atoms with van der Waals surface area (Å²) in [6.07, 6.45) is 5.56. The molecule has 2 aliphatic rings. The van der Waals surface area contributed by atoms with E-state index in [0.717, 1.165) is 38.6 Å². The van der Waals surface area contributed by atoms with E-state index in [4.69, 9.17) is 0 Å². The lowest BCUT2D eigenvalue weighted by Gasteiger charge is -2.34. The molecule has 3 N–H and O–H groups in total. The Morgan fingerprint density at radius 2 is 1.89 bits per heavy atom. The number of piperidine rings is 1. The van der Waals surface area contributed by atoms with E-state index in [-0.39, 0.29) is 18.0 Å². The summed E-state index contributed by atoms with van der Waals surface area (Å²) in [7, 11) is 0. The van der Waals surface area contributed by atoms with Crippen molar-refractivity contribution in [1.29, 1.82) is 0 Å². The third kappa shape index (κ3) is 3.47. The molecular weight excluding hydrogens is 244 g/mol. The van der Waals surface area contributed by atoms with E-state index in [1.54, 1.807) is 0 Å². The molecule has 0 aromatic heterocycles. The first-order valence-corrected chi connectivity index (χ1v) is 7.36. The molecule has 0 aromatic carbocycles. The first-order chi connectivity index (χ1) is 9.09. The lowest BCUT2D eigenvalue weighted by molar-refractivity contribution is -0.144. The first kappa shape index (κ1) is 14.3. The van der Waals surface area contributed by atoms with Gasteiger partial charge in [0.25, 0.3) is 0 Å². The van der Waals surface area contributed by atoms with Crippen molar-refractivity contribution in [2.75, 3.05) is 6.54 Å². The van der Waals surface area contributed by atoms with Crippen LogP contribution >= 0.6 is 0 Å². The standard InChI is InChI=1S/C14H24N2O3/c1-9-5-4-8-15-12(9)13(17)16-11-7-3-2-6-10(11)14(18)19/h9-12,15H,2-8H2,1H3,(H,16,17)(H,18,19). The highest BCUT2D eigenvalue weighted by atomic mass is 16.4. The fourth-order valence-corrected chi connectivity index (χ4v) is 3.27. The van der Waals surface area contributed by atoms with Crippen molar-refractivity contribution in [1.82, 2.24) is 10.6 Å². The Kier molecular flexibility index (Phi) is 4.80. The number of amides is 1. The van der Waals surface area contributed by atoms with Crippen LogP contribution in [0.2, 0.25) is 0 Å². The summed E-state index contributed by atoms with van der Waals surface area (Å²) in [6.45, 7) is 2.95. The van der Waals surface area contributed by atoms with Crippen LogP contribution in [0.4, 0.5) is 0 Å². The van der Waals surface area contributed by atoms with Gasteiger partial charge >= 0.3 is 5.97 Å². The average molecular weight is 268 g/mol. The maximum Gasteiger partial charge on any atom is 0.308 e. The van der Waals surface area contributed by atoms with Gasteiger partial charge in [-0.3, -0.25) is 9.59 Å². The number of hydrogen-bond donors (Lipinski definition) is 3. The van der Waals surface area contributed by atoms with E-state index in [1.807, 2.05) is 0 Å². The number of carboxylic acid groups (broad SMARTS) is 1. The number of hydrogen-bond acceptors (Lipinski definition) is 3. The SMILES string of the molecule is CC1CCCNC1C(=O)NC1CCCCC1C(=O)O. The molecule has 0 aromatic rings. The lowest BCUT2D eigenvalue weighted by Crippen LogP contribution is -2.55. The van der Waals surface area contributed by atoms with Gasteiger partial charge in [-0.1, -0.05) is 19.8 Å². The van der Waals surface area contributed by atoms with Crippen LogP contribution in [0.3, 0.4) is 0 Å². The van der Waals surface area contributed by atoms with E-state index < -0.39 is 11.9 Å². The molecule has 1 saturated heterocycles. The van der Waals surface area contributed by atoms with Gasteiger partial charge in [-0.05, 0) is 38.1 Å². The van der Waals surface area contributed by atoms with Gasteiger partial charge in [0.15, 0.2) is 0 Å². The van der Waals surface area contributed by atoms with Crippen molar-refractivity contribution in [3.05, 3.63) is 0 Å². The Morgan fingerprint density at radius 1 is 1.16 bits per heavy atom. The fourth-order valence-electron chi connectivity index (χ4n) is 3.27. The van der Waals surface area contributed by atoms with Crippen LogP contribution in [-0.4, -0.2) is 35.6 Å². The molecule has 1 aliphatic heterocycles. The van der Waals surface area contributed by atoms with Crippen molar-refractivity contribution in [3.63, 3.8) is 0 Å². The molecule has 4 atom stereocenters. The van der Waals surface area contributed by atoms with E-state index in [0.29, 0.717) is 12.3 Å². The van der Waals surface area contributed by atoms with Gasteiger partial charge in [0, 0.05) is 6.04 Å². The molecule has 1 heterocycles. The maximum absolute atomic E-state index is 12.3. The smallest absolute Gasteiger partial charge is 0.308 e. The van der Waals surface area contributed by atoms with Gasteiger partial charge in [-0.2, -0.15) is 0 Å². The third-order valence-electron chi connectivity index (χ3n) is 4.46. The second-order valence-corrected chi connectivity index (χ2v) is 5.90. The number of nitrogens with one attached hydrogen (secondary N) is 2. The van der Waals surface area contributed by atoms with Gasteiger partial charge in [0.1, 0.15) is 0 Å². The van der Waals surface area contributed by atoms with Crippen molar-refractivity contribution < 1.29 is 14.7 Å². The average Bonchev–Trinajstić information content (AvgIpc) is 2.39. The van der Waals surface area contributed by atoms with Crippen molar-refractivity contribution in [2.45, 2.75) is 57.5 Å². The van der Waals surface area contributed by atoms with Crippen LogP contribution in [0.15, 0.2) is 0 Å². The van der Waals surface area contributed by atoms with Crippen LogP contribution in [0.25, 0.3) is 0 Å². The summed E-state index contributed by atoms with van der Waals surface area (Å²) in [5.74, 6) is -0.905. The zero-order valence-electron chi connectivity index (χ0n) is 11.5. The molecule has 19 heavy (non-hydrogen) atoms. The molecule has 2 rings (SSSR count). The zero-order chi connectivity index (χ0) is 13.8. The number of carbonyl (C=O) groups is 2. The summed E-state index contributed by atoms with van der Waals surface area (Å²) in [6, 6.07) is -0.361. The van der Waals surface area contributed by atoms with E-state index in [1.165, 1.54) is 0 Å². The number of rotatable bonds is 3. The summed E-state index contributed by atoms with van der Waals surface area (Å²) in [5, 5.41) is 15.4. The number of aliphatic carboxylic acids is 1. The third-order valence-corrected chi connectivity index (χ3v) is 4.46. The Hall–Kier alpha value is -1.10. The Balaban J connectivity index is 1.94. The summed E-state index contributed by atoms with van der Waals surface area (Å²) in [4.78, 5) is 23.5. The van der Waals surface area contributed by atoms with E-state index in [9.17, 15) is 14.7 Å². The van der Waals surface area contributed by atoms with Crippen molar-refractivity contribution in [3.8, 4) is 0 Å². The molecule has 0 radical (unpaired) electrons.